The lowest BCUT2D eigenvalue weighted by molar-refractivity contribution is -0.140. The first-order valence-corrected chi connectivity index (χ1v) is 22.4. The average Bonchev–Trinajstić information content (AvgIpc) is 3.43. The zero-order chi connectivity index (χ0) is 31.5. The fourth-order valence-corrected chi connectivity index (χ4v) is 8.87. The SMILES string of the molecule is COC(=O)CCCC(=O)C1=CC2C[C@@H](O[Si](C)(C)C(C)(C)C)[C@H](C#C[C@@H](O[Si](C)(C)C(C)(C)C)C3CCCCC3)C2C1. The van der Waals surface area contributed by atoms with E-state index in [0.717, 1.165) is 18.4 Å². The lowest BCUT2D eigenvalue weighted by atomic mass is 9.84. The topological polar surface area (TPSA) is 61.8 Å². The molecule has 0 radical (unpaired) electrons. The van der Waals surface area contributed by atoms with Crippen molar-refractivity contribution in [2.75, 3.05) is 7.11 Å². The van der Waals surface area contributed by atoms with Crippen molar-refractivity contribution in [3.05, 3.63) is 11.6 Å². The molecule has 5 atom stereocenters. The molecular formula is C35H60O5Si2. The van der Waals surface area contributed by atoms with Crippen molar-refractivity contribution in [2.45, 2.75) is 154 Å². The Hall–Kier alpha value is -1.21. The van der Waals surface area contributed by atoms with Crippen LogP contribution in [0, 0.1) is 35.5 Å². The molecule has 0 aromatic rings. The van der Waals surface area contributed by atoms with Crippen LogP contribution in [0.1, 0.15) is 106 Å². The van der Waals surface area contributed by atoms with Crippen molar-refractivity contribution in [1.82, 2.24) is 0 Å². The van der Waals surface area contributed by atoms with Gasteiger partial charge in [0.25, 0.3) is 0 Å². The Bertz CT molecular complexity index is 1050. The Morgan fingerprint density at radius 2 is 1.57 bits per heavy atom. The molecule has 7 heteroatoms. The smallest absolute Gasteiger partial charge is 0.305 e. The average molecular weight is 617 g/mol. The second-order valence-electron chi connectivity index (χ2n) is 16.2. The maximum Gasteiger partial charge on any atom is 0.305 e. The quantitative estimate of drug-likeness (QED) is 0.139. The van der Waals surface area contributed by atoms with E-state index in [1.165, 1.54) is 39.2 Å². The number of fused-ring (bicyclic) bond motifs is 1. The maximum absolute atomic E-state index is 13.1. The number of rotatable bonds is 10. The van der Waals surface area contributed by atoms with E-state index in [0.29, 0.717) is 30.6 Å². The van der Waals surface area contributed by atoms with Crippen LogP contribution in [-0.2, 0) is 23.2 Å². The lowest BCUT2D eigenvalue weighted by Gasteiger charge is -2.41. The highest BCUT2D eigenvalue weighted by molar-refractivity contribution is 6.74. The summed E-state index contributed by atoms with van der Waals surface area (Å²) in [6, 6.07) is 0. The van der Waals surface area contributed by atoms with E-state index in [-0.39, 0.29) is 46.4 Å². The van der Waals surface area contributed by atoms with Crippen molar-refractivity contribution in [3.8, 4) is 11.8 Å². The fourth-order valence-electron chi connectivity index (χ4n) is 6.27. The highest BCUT2D eigenvalue weighted by atomic mass is 28.4. The molecule has 0 N–H and O–H groups in total. The molecule has 3 aliphatic rings. The van der Waals surface area contributed by atoms with Gasteiger partial charge in [-0.05, 0) is 91.7 Å². The van der Waals surface area contributed by atoms with Gasteiger partial charge >= 0.3 is 5.97 Å². The van der Waals surface area contributed by atoms with Gasteiger partial charge in [0.2, 0.25) is 0 Å². The van der Waals surface area contributed by atoms with Gasteiger partial charge in [0.15, 0.2) is 22.4 Å². The minimum atomic E-state index is -2.01. The molecule has 238 valence electrons. The zero-order valence-electron chi connectivity index (χ0n) is 28.7. The molecule has 2 fully saturated rings. The molecule has 2 saturated carbocycles. The highest BCUT2D eigenvalue weighted by Crippen LogP contribution is 2.50. The molecule has 3 aliphatic carbocycles. The van der Waals surface area contributed by atoms with Crippen LogP contribution in [0.4, 0.5) is 0 Å². The number of carbonyl (C=O) groups is 2. The molecule has 0 aromatic heterocycles. The van der Waals surface area contributed by atoms with Gasteiger partial charge in [-0.1, -0.05) is 78.7 Å². The summed E-state index contributed by atoms with van der Waals surface area (Å²) in [5, 5.41) is 0.252. The molecule has 0 heterocycles. The minimum Gasteiger partial charge on any atom is -0.469 e. The third-order valence-electron chi connectivity index (χ3n) is 11.1. The number of carbonyl (C=O) groups excluding carboxylic acids is 2. The summed E-state index contributed by atoms with van der Waals surface area (Å²) in [6.07, 6.45) is 11.4. The summed E-state index contributed by atoms with van der Waals surface area (Å²) < 4.78 is 18.9. The number of Topliss-reactive ketones (excluding diaryl/α,β-unsaturated/α-hetero) is 1. The van der Waals surface area contributed by atoms with E-state index >= 15 is 0 Å². The van der Waals surface area contributed by atoms with Crippen molar-refractivity contribution < 1.29 is 23.2 Å². The highest BCUT2D eigenvalue weighted by Gasteiger charge is 2.50. The molecular weight excluding hydrogens is 557 g/mol. The van der Waals surface area contributed by atoms with E-state index in [4.69, 9.17) is 13.6 Å². The van der Waals surface area contributed by atoms with Crippen molar-refractivity contribution in [1.29, 1.82) is 0 Å². The van der Waals surface area contributed by atoms with Crippen molar-refractivity contribution >= 4 is 28.4 Å². The van der Waals surface area contributed by atoms with Crippen LogP contribution in [0.2, 0.25) is 36.3 Å². The van der Waals surface area contributed by atoms with Gasteiger partial charge in [-0.25, -0.2) is 0 Å². The first kappa shape index (κ1) is 35.3. The number of hydrogen-bond donors (Lipinski definition) is 0. The molecule has 0 aromatic carbocycles. The third-order valence-corrected chi connectivity index (χ3v) is 20.1. The minimum absolute atomic E-state index is 0.0347. The van der Waals surface area contributed by atoms with Gasteiger partial charge in [0.05, 0.1) is 13.2 Å². The van der Waals surface area contributed by atoms with Gasteiger partial charge in [-0.2, -0.15) is 0 Å². The molecule has 0 saturated heterocycles. The first-order chi connectivity index (χ1) is 19.4. The normalized spacial score (nSPS) is 26.2. The summed E-state index contributed by atoms with van der Waals surface area (Å²) in [5.74, 6) is 8.68. The largest absolute Gasteiger partial charge is 0.469 e. The van der Waals surface area contributed by atoms with E-state index in [2.05, 4.69) is 85.6 Å². The van der Waals surface area contributed by atoms with Gasteiger partial charge in [0, 0.05) is 18.8 Å². The number of esters is 1. The summed E-state index contributed by atoms with van der Waals surface area (Å²) in [5.41, 5.74) is 0.925. The Labute approximate surface area is 259 Å². The Morgan fingerprint density at radius 1 is 0.952 bits per heavy atom. The summed E-state index contributed by atoms with van der Waals surface area (Å²) in [7, 11) is -2.61. The van der Waals surface area contributed by atoms with E-state index in [1.807, 2.05) is 0 Å². The molecule has 0 bridgehead atoms. The predicted octanol–water partition coefficient (Wildman–Crippen LogP) is 8.85. The van der Waals surface area contributed by atoms with Gasteiger partial charge < -0.3 is 13.6 Å². The number of methoxy groups -OCH3 is 1. The number of hydrogen-bond acceptors (Lipinski definition) is 5. The third kappa shape index (κ3) is 8.70. The molecule has 0 amide bonds. The number of allylic oxidation sites excluding steroid dienone is 2. The molecule has 3 rings (SSSR count). The van der Waals surface area contributed by atoms with E-state index in [9.17, 15) is 9.59 Å². The predicted molar refractivity (Wildman–Crippen MR) is 177 cm³/mol. The fraction of sp³-hybridized carbons (Fsp3) is 0.829. The first-order valence-electron chi connectivity index (χ1n) is 16.5. The zero-order valence-corrected chi connectivity index (χ0v) is 30.7. The molecule has 0 aliphatic heterocycles. The molecule has 5 nitrogen and oxygen atoms in total. The summed E-state index contributed by atoms with van der Waals surface area (Å²) >= 11 is 0. The van der Waals surface area contributed by atoms with Crippen LogP contribution in [0.3, 0.4) is 0 Å². The summed E-state index contributed by atoms with van der Waals surface area (Å²) in [6.45, 7) is 23.2. The standard InChI is InChI=1S/C35H60O5Si2/c1-34(2,3)41(8,9)39-31(25-16-13-12-14-17-25)21-20-28-29-23-27(30(36)18-15-19-33(37)38-7)22-26(29)24-32(28)40-42(10,11)35(4,5)6/h22,25-26,28-29,31-32H,12-19,23-24H2,1-11H3/t26?,28-,29?,31-,32-/m1/s1. The van der Waals surface area contributed by atoms with Crippen molar-refractivity contribution in [3.63, 3.8) is 0 Å². The van der Waals surface area contributed by atoms with Gasteiger partial charge in [-0.15, -0.1) is 0 Å². The van der Waals surface area contributed by atoms with Crippen LogP contribution in [0.5, 0.6) is 0 Å². The van der Waals surface area contributed by atoms with Crippen LogP contribution in [0.25, 0.3) is 0 Å². The second-order valence-corrected chi connectivity index (χ2v) is 25.8. The van der Waals surface area contributed by atoms with Crippen LogP contribution in [-0.4, -0.2) is 47.7 Å². The summed E-state index contributed by atoms with van der Waals surface area (Å²) in [4.78, 5) is 24.7. The number of ether oxygens (including phenoxy) is 1. The van der Waals surface area contributed by atoms with Crippen molar-refractivity contribution in [2.24, 2.45) is 23.7 Å². The second kappa shape index (κ2) is 13.8. The van der Waals surface area contributed by atoms with Crippen LogP contribution in [0.15, 0.2) is 11.6 Å². The molecule has 2 unspecified atom stereocenters. The van der Waals surface area contributed by atoms with Gasteiger partial charge in [-0.3, -0.25) is 9.59 Å². The lowest BCUT2D eigenvalue weighted by Crippen LogP contribution is -2.46. The van der Waals surface area contributed by atoms with Crippen LogP contribution >= 0.6 is 0 Å². The van der Waals surface area contributed by atoms with E-state index in [1.54, 1.807) is 0 Å². The van der Waals surface area contributed by atoms with Gasteiger partial charge in [0.1, 0.15) is 6.10 Å². The Kier molecular flexibility index (Phi) is 11.6. The monoisotopic (exact) mass is 616 g/mol. The number of ketones is 1. The molecule has 42 heavy (non-hydrogen) atoms. The maximum atomic E-state index is 13.1. The van der Waals surface area contributed by atoms with Crippen LogP contribution < -0.4 is 0 Å². The molecule has 0 spiro atoms. The van der Waals surface area contributed by atoms with E-state index < -0.39 is 16.6 Å². The Morgan fingerprint density at radius 3 is 2.14 bits per heavy atom. The Balaban J connectivity index is 1.88.